The van der Waals surface area contributed by atoms with E-state index in [2.05, 4.69) is 21.7 Å². The van der Waals surface area contributed by atoms with Crippen LogP contribution in [-0.2, 0) is 10.2 Å². The zero-order chi connectivity index (χ0) is 20.8. The van der Waals surface area contributed by atoms with E-state index in [0.717, 1.165) is 48.1 Å². The highest BCUT2D eigenvalue weighted by Gasteiger charge is 2.60. The van der Waals surface area contributed by atoms with Crippen molar-refractivity contribution in [3.05, 3.63) is 66.2 Å². The molecule has 1 spiro atoms. The predicted molar refractivity (Wildman–Crippen MR) is 118 cm³/mol. The van der Waals surface area contributed by atoms with Gasteiger partial charge >= 0.3 is 11.9 Å². The van der Waals surface area contributed by atoms with Crippen molar-refractivity contribution in [2.45, 2.75) is 25.2 Å². The first-order chi connectivity index (χ1) is 14.6. The second-order valence-electron chi connectivity index (χ2n) is 8.35. The number of carbonyl (C=O) groups excluding carboxylic acids is 2. The van der Waals surface area contributed by atoms with Crippen LogP contribution in [0.3, 0.4) is 0 Å². The molecule has 0 aliphatic carbocycles. The van der Waals surface area contributed by atoms with Gasteiger partial charge in [0, 0.05) is 17.0 Å². The summed E-state index contributed by atoms with van der Waals surface area (Å²) in [5.41, 5.74) is 2.57. The van der Waals surface area contributed by atoms with Crippen LogP contribution in [0.2, 0.25) is 0 Å². The highest BCUT2D eigenvalue weighted by Crippen LogP contribution is 2.50. The Hall–Kier alpha value is -3.09. The number of nitrogens with one attached hydrogen (secondary N) is 2. The van der Waals surface area contributed by atoms with Gasteiger partial charge in [-0.05, 0) is 44.1 Å². The van der Waals surface area contributed by atoms with Crippen LogP contribution < -0.4 is 15.1 Å². The second-order valence-corrected chi connectivity index (χ2v) is 8.35. The third kappa shape index (κ3) is 2.75. The summed E-state index contributed by atoms with van der Waals surface area (Å²) in [6, 6.07) is 19.1. The molecular weight excluding hydrogens is 376 g/mol. The van der Waals surface area contributed by atoms with E-state index >= 15 is 0 Å². The lowest BCUT2D eigenvalue weighted by molar-refractivity contribution is -0.125. The fourth-order valence-electron chi connectivity index (χ4n) is 5.16. The van der Waals surface area contributed by atoms with Crippen molar-refractivity contribution in [1.29, 1.82) is 0 Å². The van der Waals surface area contributed by atoms with Crippen molar-refractivity contribution >= 4 is 34.3 Å². The minimum atomic E-state index is -0.340. The normalized spacial score (nSPS) is 22.0. The number of carbonyl (C=O) groups is 2. The Bertz CT molecular complexity index is 1150. The van der Waals surface area contributed by atoms with Gasteiger partial charge in [0.1, 0.15) is 12.4 Å². The number of benzene rings is 2. The summed E-state index contributed by atoms with van der Waals surface area (Å²) in [6.07, 6.45) is 1.83. The molecule has 1 aromatic heterocycles. The number of hydrogen-bond acceptors (Lipinski definition) is 4. The van der Waals surface area contributed by atoms with Crippen molar-refractivity contribution in [2.24, 2.45) is 0 Å². The molecule has 3 aromatic rings. The highest BCUT2D eigenvalue weighted by atomic mass is 16.2. The summed E-state index contributed by atoms with van der Waals surface area (Å²) in [4.78, 5) is 31.3. The van der Waals surface area contributed by atoms with E-state index in [1.165, 1.54) is 6.92 Å². The van der Waals surface area contributed by atoms with Crippen LogP contribution in [0.15, 0.2) is 60.7 Å². The van der Waals surface area contributed by atoms with Crippen LogP contribution in [0.5, 0.6) is 0 Å². The summed E-state index contributed by atoms with van der Waals surface area (Å²) < 4.78 is -0.315. The maximum Gasteiger partial charge on any atom is 0.434 e. The first-order valence-corrected chi connectivity index (χ1v) is 10.4. The quantitative estimate of drug-likeness (QED) is 0.606. The molecule has 1 unspecified atom stereocenters. The van der Waals surface area contributed by atoms with E-state index in [-0.39, 0.29) is 21.8 Å². The van der Waals surface area contributed by atoms with Crippen LogP contribution in [0.25, 0.3) is 10.9 Å². The Morgan fingerprint density at radius 3 is 2.53 bits per heavy atom. The number of pyridine rings is 1. The van der Waals surface area contributed by atoms with Crippen LogP contribution in [0.1, 0.15) is 25.3 Å². The zero-order valence-electron chi connectivity index (χ0n) is 17.0. The van der Waals surface area contributed by atoms with E-state index in [1.807, 2.05) is 48.5 Å². The third-order valence-electron chi connectivity index (χ3n) is 6.70. The van der Waals surface area contributed by atoms with Crippen molar-refractivity contribution in [3.8, 4) is 0 Å². The number of rotatable bonds is 1. The number of imide groups is 1. The van der Waals surface area contributed by atoms with Gasteiger partial charge in [0.15, 0.2) is 5.69 Å². The van der Waals surface area contributed by atoms with Gasteiger partial charge in [-0.15, -0.1) is 4.48 Å². The van der Waals surface area contributed by atoms with Gasteiger partial charge in [-0.3, -0.25) is 5.32 Å². The SMILES string of the molecule is CC(=O)[N+]1(C(=O)Nc2ccc3ccccc3n2)CC2(CCNCC2)c2ccccc21. The first kappa shape index (κ1) is 18.9. The highest BCUT2D eigenvalue weighted by molar-refractivity contribution is 6.13. The van der Waals surface area contributed by atoms with Crippen molar-refractivity contribution in [1.82, 2.24) is 14.8 Å². The van der Waals surface area contributed by atoms with Gasteiger partial charge in [0.25, 0.3) is 0 Å². The molecule has 2 aromatic carbocycles. The average Bonchev–Trinajstić information content (AvgIpc) is 3.06. The summed E-state index contributed by atoms with van der Waals surface area (Å²) >= 11 is 0. The molecule has 6 heteroatoms. The molecule has 1 saturated heterocycles. The second kappa shape index (κ2) is 7.00. The molecule has 152 valence electrons. The number of anilines is 1. The number of nitrogens with zero attached hydrogens (tertiary/aromatic N) is 2. The van der Waals surface area contributed by atoms with Crippen LogP contribution in [0, 0.1) is 0 Å². The van der Waals surface area contributed by atoms with Crippen LogP contribution in [-0.4, -0.2) is 36.6 Å². The topological polar surface area (TPSA) is 71.1 Å². The third-order valence-corrected chi connectivity index (χ3v) is 6.70. The van der Waals surface area contributed by atoms with E-state index in [9.17, 15) is 9.59 Å². The molecule has 3 amide bonds. The largest absolute Gasteiger partial charge is 0.434 e. The number of aromatic nitrogens is 1. The first-order valence-electron chi connectivity index (χ1n) is 10.4. The van der Waals surface area contributed by atoms with E-state index < -0.39 is 0 Å². The number of urea groups is 1. The summed E-state index contributed by atoms with van der Waals surface area (Å²) in [7, 11) is 0. The number of piperidine rings is 1. The Morgan fingerprint density at radius 2 is 1.73 bits per heavy atom. The fraction of sp³-hybridized carbons (Fsp3) is 0.292. The van der Waals surface area contributed by atoms with Crippen molar-refractivity contribution in [2.75, 3.05) is 25.0 Å². The molecule has 2 aliphatic heterocycles. The van der Waals surface area contributed by atoms with Gasteiger partial charge < -0.3 is 5.32 Å². The zero-order valence-corrected chi connectivity index (χ0v) is 17.0. The predicted octanol–water partition coefficient (Wildman–Crippen LogP) is 3.96. The Morgan fingerprint density at radius 1 is 1.00 bits per heavy atom. The molecule has 0 bridgehead atoms. The van der Waals surface area contributed by atoms with Crippen LogP contribution >= 0.6 is 0 Å². The van der Waals surface area contributed by atoms with Gasteiger partial charge in [0.2, 0.25) is 0 Å². The molecular formula is C24H25N4O2+. The van der Waals surface area contributed by atoms with E-state index in [0.29, 0.717) is 12.4 Å². The van der Waals surface area contributed by atoms with Gasteiger partial charge in [0.05, 0.1) is 17.9 Å². The molecule has 6 nitrogen and oxygen atoms in total. The molecule has 0 saturated carbocycles. The summed E-state index contributed by atoms with van der Waals surface area (Å²) in [5.74, 6) is 0.289. The maximum atomic E-state index is 13.7. The number of quaternary nitrogens is 1. The Labute approximate surface area is 175 Å². The summed E-state index contributed by atoms with van der Waals surface area (Å²) in [6.45, 7) is 3.76. The average molecular weight is 401 g/mol. The molecule has 1 fully saturated rings. The molecule has 2 aliphatic rings. The number of fused-ring (bicyclic) bond motifs is 3. The van der Waals surface area contributed by atoms with E-state index in [4.69, 9.17) is 0 Å². The standard InChI is InChI=1S/C24H24N4O2/c1-17(29)28(23(30)27-22-11-10-18-6-2-4-8-20(18)26-22)16-24(12-14-25-15-13-24)19-7-3-5-9-21(19)28/h2-11,25H,12-16H2,1H3/p+1. The van der Waals surface area contributed by atoms with Crippen molar-refractivity contribution in [3.63, 3.8) is 0 Å². The number of amides is 3. The number of para-hydroxylation sites is 2. The van der Waals surface area contributed by atoms with Crippen LogP contribution in [0.4, 0.5) is 16.3 Å². The minimum Gasteiger partial charge on any atom is -0.317 e. The lowest BCUT2D eigenvalue weighted by atomic mass is 9.75. The molecule has 30 heavy (non-hydrogen) atoms. The molecule has 5 rings (SSSR count). The monoisotopic (exact) mass is 401 g/mol. The molecule has 1 atom stereocenters. The van der Waals surface area contributed by atoms with E-state index in [1.54, 1.807) is 6.07 Å². The lowest BCUT2D eigenvalue weighted by Crippen LogP contribution is -2.61. The number of hydrogen-bond donors (Lipinski definition) is 2. The molecule has 2 N–H and O–H groups in total. The fourth-order valence-corrected chi connectivity index (χ4v) is 5.16. The Kier molecular flexibility index (Phi) is 4.41. The van der Waals surface area contributed by atoms with Gasteiger partial charge in [-0.25, -0.2) is 14.6 Å². The summed E-state index contributed by atoms with van der Waals surface area (Å²) in [5, 5.41) is 7.36. The minimum absolute atomic E-state index is 0.165. The smallest absolute Gasteiger partial charge is 0.317 e. The van der Waals surface area contributed by atoms with Gasteiger partial charge in [-0.2, -0.15) is 0 Å². The Balaban J connectivity index is 1.57. The molecule has 3 heterocycles. The lowest BCUT2D eigenvalue weighted by Gasteiger charge is -2.35. The molecule has 0 radical (unpaired) electrons. The van der Waals surface area contributed by atoms with Gasteiger partial charge in [-0.1, -0.05) is 36.4 Å². The maximum absolute atomic E-state index is 13.7. The van der Waals surface area contributed by atoms with Crippen molar-refractivity contribution < 1.29 is 9.59 Å².